The monoisotopic (exact) mass is 219 g/mol. The highest BCUT2D eigenvalue weighted by atomic mass is 19.1. The van der Waals surface area contributed by atoms with Crippen molar-refractivity contribution in [3.63, 3.8) is 0 Å². The van der Waals surface area contributed by atoms with Gasteiger partial charge < -0.3 is 0 Å². The molecular weight excluding hydrogens is 209 g/mol. The van der Waals surface area contributed by atoms with Crippen LogP contribution in [0.4, 0.5) is 4.39 Å². The number of hydrazine groups is 1. The van der Waals surface area contributed by atoms with Crippen molar-refractivity contribution in [2.24, 2.45) is 5.84 Å². The van der Waals surface area contributed by atoms with Gasteiger partial charge in [-0.1, -0.05) is 12.1 Å². The van der Waals surface area contributed by atoms with E-state index in [1.807, 2.05) is 0 Å². The molecule has 5 heteroatoms. The average molecular weight is 219 g/mol. The Morgan fingerprint density at radius 2 is 2.25 bits per heavy atom. The molecule has 1 aromatic carbocycles. The number of fused-ring (bicyclic) bond motifs is 1. The lowest BCUT2D eigenvalue weighted by Crippen LogP contribution is -2.33. The number of aromatic nitrogens is 1. The third-order valence-electron chi connectivity index (χ3n) is 2.29. The van der Waals surface area contributed by atoms with Crippen LogP contribution in [-0.4, -0.2) is 10.9 Å². The van der Waals surface area contributed by atoms with Crippen molar-refractivity contribution in [1.82, 2.24) is 10.4 Å². The van der Waals surface area contributed by atoms with Gasteiger partial charge in [-0.3, -0.25) is 15.2 Å². The molecular formula is C11H10FN3O. The van der Waals surface area contributed by atoms with Crippen molar-refractivity contribution in [1.29, 1.82) is 0 Å². The van der Waals surface area contributed by atoms with Crippen LogP contribution in [0.25, 0.3) is 10.9 Å². The van der Waals surface area contributed by atoms with Gasteiger partial charge in [-0.15, -0.1) is 0 Å². The molecule has 1 amide bonds. The smallest absolute Gasteiger partial charge is 0.273 e. The van der Waals surface area contributed by atoms with E-state index >= 15 is 0 Å². The van der Waals surface area contributed by atoms with E-state index in [1.165, 1.54) is 6.07 Å². The van der Waals surface area contributed by atoms with Crippen LogP contribution in [0.15, 0.2) is 36.5 Å². The minimum Gasteiger partial charge on any atom is -0.291 e. The number of halogens is 1. The summed E-state index contributed by atoms with van der Waals surface area (Å²) in [5.41, 5.74) is 2.80. The van der Waals surface area contributed by atoms with Crippen molar-refractivity contribution in [3.05, 3.63) is 42.1 Å². The van der Waals surface area contributed by atoms with Crippen LogP contribution in [0, 0.1) is 0 Å². The van der Waals surface area contributed by atoms with Gasteiger partial charge in [0.15, 0.2) is 0 Å². The molecule has 0 spiro atoms. The molecule has 0 saturated carbocycles. The first-order chi connectivity index (χ1) is 7.72. The van der Waals surface area contributed by atoms with E-state index in [2.05, 4.69) is 4.98 Å². The minimum atomic E-state index is -1.75. The molecule has 16 heavy (non-hydrogen) atoms. The Bertz CT molecular complexity index is 529. The van der Waals surface area contributed by atoms with Gasteiger partial charge in [0, 0.05) is 11.6 Å². The number of benzene rings is 1. The summed E-state index contributed by atoms with van der Waals surface area (Å²) in [5, 5.41) is 0.785. The van der Waals surface area contributed by atoms with Gasteiger partial charge in [-0.05, 0) is 23.8 Å². The lowest BCUT2D eigenvalue weighted by molar-refractivity contribution is -0.126. The Balaban J connectivity index is 2.43. The number of nitrogens with one attached hydrogen (secondary N) is 1. The summed E-state index contributed by atoms with van der Waals surface area (Å²) in [4.78, 5) is 15.1. The number of carbonyl (C=O) groups excluding carboxylic acids is 1. The summed E-state index contributed by atoms with van der Waals surface area (Å²) < 4.78 is 13.5. The second-order valence-electron chi connectivity index (χ2n) is 3.33. The second kappa shape index (κ2) is 4.24. The first-order valence-corrected chi connectivity index (χ1v) is 4.71. The van der Waals surface area contributed by atoms with Crippen LogP contribution in [0.2, 0.25) is 0 Å². The number of carbonyl (C=O) groups is 1. The summed E-state index contributed by atoms with van der Waals surface area (Å²) in [5.74, 6) is 4.01. The summed E-state index contributed by atoms with van der Waals surface area (Å²) >= 11 is 0. The predicted octanol–water partition coefficient (Wildman–Crippen LogP) is 1.24. The Labute approximate surface area is 91.2 Å². The van der Waals surface area contributed by atoms with Crippen molar-refractivity contribution >= 4 is 16.8 Å². The van der Waals surface area contributed by atoms with Crippen molar-refractivity contribution in [2.45, 2.75) is 6.17 Å². The predicted molar refractivity (Wildman–Crippen MR) is 57.9 cm³/mol. The number of alkyl halides is 1. The average Bonchev–Trinajstić information content (AvgIpc) is 2.36. The fraction of sp³-hybridized carbons (Fsp3) is 0.0909. The Morgan fingerprint density at radius 3 is 3.00 bits per heavy atom. The molecule has 0 fully saturated rings. The zero-order valence-corrected chi connectivity index (χ0v) is 8.35. The first kappa shape index (κ1) is 10.5. The van der Waals surface area contributed by atoms with Gasteiger partial charge >= 0.3 is 0 Å². The highest BCUT2D eigenvalue weighted by Crippen LogP contribution is 2.21. The van der Waals surface area contributed by atoms with Gasteiger partial charge in [0.1, 0.15) is 0 Å². The maximum Gasteiger partial charge on any atom is 0.273 e. The lowest BCUT2D eigenvalue weighted by atomic mass is 10.1. The van der Waals surface area contributed by atoms with Gasteiger partial charge in [-0.2, -0.15) is 0 Å². The van der Waals surface area contributed by atoms with E-state index in [-0.39, 0.29) is 5.56 Å². The number of nitrogens with two attached hydrogens (primary N) is 1. The van der Waals surface area contributed by atoms with Crippen LogP contribution in [-0.2, 0) is 4.79 Å². The molecule has 0 aliphatic rings. The molecule has 1 heterocycles. The standard InChI is InChI=1S/C11H10FN3O/c12-10(11(16)15-13)8-3-4-9-7(6-8)2-1-5-14-9/h1-6,10H,13H2,(H,15,16). The second-order valence-corrected chi connectivity index (χ2v) is 3.33. The highest BCUT2D eigenvalue weighted by molar-refractivity contribution is 5.84. The van der Waals surface area contributed by atoms with Crippen molar-refractivity contribution in [2.75, 3.05) is 0 Å². The lowest BCUT2D eigenvalue weighted by Gasteiger charge is -2.07. The number of amides is 1. The summed E-state index contributed by atoms with van der Waals surface area (Å²) in [6, 6.07) is 8.33. The molecule has 1 aromatic heterocycles. The molecule has 0 aliphatic carbocycles. The first-order valence-electron chi connectivity index (χ1n) is 4.71. The summed E-state index contributed by atoms with van der Waals surface area (Å²) in [6.45, 7) is 0. The fourth-order valence-corrected chi connectivity index (χ4v) is 1.48. The van der Waals surface area contributed by atoms with E-state index in [9.17, 15) is 9.18 Å². The van der Waals surface area contributed by atoms with E-state index in [0.717, 1.165) is 10.9 Å². The molecule has 0 aliphatic heterocycles. The number of rotatable bonds is 2. The van der Waals surface area contributed by atoms with Gasteiger partial charge in [0.05, 0.1) is 5.52 Å². The number of hydrogen-bond donors (Lipinski definition) is 2. The zero-order valence-electron chi connectivity index (χ0n) is 8.35. The minimum absolute atomic E-state index is 0.267. The third kappa shape index (κ3) is 1.85. The van der Waals surface area contributed by atoms with E-state index in [1.54, 1.807) is 35.9 Å². The van der Waals surface area contributed by atoms with Gasteiger partial charge in [-0.25, -0.2) is 10.2 Å². The Hall–Kier alpha value is -2.01. The van der Waals surface area contributed by atoms with Crippen molar-refractivity contribution in [3.8, 4) is 0 Å². The Morgan fingerprint density at radius 1 is 1.44 bits per heavy atom. The SMILES string of the molecule is NNC(=O)C(F)c1ccc2ncccc2c1. The number of hydrogen-bond acceptors (Lipinski definition) is 3. The molecule has 0 bridgehead atoms. The maximum absolute atomic E-state index is 13.5. The molecule has 82 valence electrons. The van der Waals surface area contributed by atoms with E-state index < -0.39 is 12.1 Å². The van der Waals surface area contributed by atoms with Crippen LogP contribution in [0.5, 0.6) is 0 Å². The molecule has 1 atom stereocenters. The zero-order chi connectivity index (χ0) is 11.5. The molecule has 1 unspecified atom stereocenters. The van der Waals surface area contributed by atoms with Gasteiger partial charge in [0.2, 0.25) is 6.17 Å². The largest absolute Gasteiger partial charge is 0.291 e. The molecule has 0 radical (unpaired) electrons. The van der Waals surface area contributed by atoms with Crippen LogP contribution >= 0.6 is 0 Å². The molecule has 2 aromatic rings. The summed E-state index contributed by atoms with van der Waals surface area (Å²) in [6.07, 6.45) is -0.101. The van der Waals surface area contributed by atoms with E-state index in [0.29, 0.717) is 0 Å². The van der Waals surface area contributed by atoms with E-state index in [4.69, 9.17) is 5.84 Å². The molecule has 0 saturated heterocycles. The normalized spacial score (nSPS) is 12.4. The van der Waals surface area contributed by atoms with Crippen LogP contribution in [0.1, 0.15) is 11.7 Å². The molecule has 4 nitrogen and oxygen atoms in total. The highest BCUT2D eigenvalue weighted by Gasteiger charge is 2.18. The number of pyridine rings is 1. The van der Waals surface area contributed by atoms with Gasteiger partial charge in [0.25, 0.3) is 5.91 Å². The summed E-state index contributed by atoms with van der Waals surface area (Å²) in [7, 11) is 0. The molecule has 3 N–H and O–H groups in total. The van der Waals surface area contributed by atoms with Crippen LogP contribution in [0.3, 0.4) is 0 Å². The molecule has 2 rings (SSSR count). The maximum atomic E-state index is 13.5. The van der Waals surface area contributed by atoms with Crippen molar-refractivity contribution < 1.29 is 9.18 Å². The number of nitrogens with zero attached hydrogens (tertiary/aromatic N) is 1. The van der Waals surface area contributed by atoms with Crippen LogP contribution < -0.4 is 11.3 Å². The topological polar surface area (TPSA) is 68.0 Å². The fourth-order valence-electron chi connectivity index (χ4n) is 1.48. The quantitative estimate of drug-likeness (QED) is 0.453. The Kier molecular flexibility index (Phi) is 2.78. The third-order valence-corrected chi connectivity index (χ3v) is 2.29.